The van der Waals surface area contributed by atoms with Crippen molar-refractivity contribution in [1.29, 1.82) is 0 Å². The van der Waals surface area contributed by atoms with Gasteiger partial charge >= 0.3 is 11.3 Å². The van der Waals surface area contributed by atoms with Gasteiger partial charge in [-0.2, -0.15) is 0 Å². The fraction of sp³-hybridized carbons (Fsp3) is 0.200. The largest absolute Gasteiger partial charge is 0.417 e. The lowest BCUT2D eigenvalue weighted by Gasteiger charge is -2.21. The third-order valence-electron chi connectivity index (χ3n) is 5.83. The van der Waals surface area contributed by atoms with E-state index in [1.54, 1.807) is 70.5 Å². The molecule has 0 bridgehead atoms. The van der Waals surface area contributed by atoms with E-state index in [2.05, 4.69) is 0 Å². The van der Waals surface area contributed by atoms with Crippen LogP contribution in [0.5, 0.6) is 0 Å². The first-order valence-corrected chi connectivity index (χ1v) is 10.7. The first kappa shape index (κ1) is 20.7. The molecule has 1 aliphatic heterocycles. The van der Waals surface area contributed by atoms with E-state index < -0.39 is 23.1 Å². The number of benzene rings is 2. The molecular weight excluding hydrogens is 424 g/mol. The second kappa shape index (κ2) is 8.38. The van der Waals surface area contributed by atoms with Crippen molar-refractivity contribution in [2.24, 2.45) is 0 Å². The summed E-state index contributed by atoms with van der Waals surface area (Å²) in [5, 5.41) is 2.10. The van der Waals surface area contributed by atoms with Crippen LogP contribution in [-0.2, 0) is 0 Å². The van der Waals surface area contributed by atoms with Crippen LogP contribution >= 0.6 is 0 Å². The Morgan fingerprint density at radius 3 is 1.52 bits per heavy atom. The standard InChI is InChI=1S/C25H20N2O6/c28-22(20-14-16-6-1-3-8-18(16)24(30)32-20)26-10-5-11-27(13-12-26)23(29)21-15-17-7-2-4-9-19(17)25(31)33-21/h1-4,6-9,14-15H,5,10-13H2. The average Bonchev–Trinajstić information content (AvgIpc) is 3.09. The monoisotopic (exact) mass is 444 g/mol. The molecule has 33 heavy (non-hydrogen) atoms. The highest BCUT2D eigenvalue weighted by Gasteiger charge is 2.26. The highest BCUT2D eigenvalue weighted by Crippen LogP contribution is 2.17. The molecule has 8 nitrogen and oxygen atoms in total. The zero-order chi connectivity index (χ0) is 22.9. The van der Waals surface area contributed by atoms with Gasteiger partial charge in [-0.1, -0.05) is 36.4 Å². The molecule has 2 aromatic carbocycles. The van der Waals surface area contributed by atoms with Crippen LogP contribution in [0.4, 0.5) is 0 Å². The van der Waals surface area contributed by atoms with E-state index >= 15 is 0 Å². The Balaban J connectivity index is 1.35. The van der Waals surface area contributed by atoms with Crippen LogP contribution in [-0.4, -0.2) is 47.8 Å². The maximum absolute atomic E-state index is 13.0. The molecule has 8 heteroatoms. The number of rotatable bonds is 2. The zero-order valence-corrected chi connectivity index (χ0v) is 17.7. The second-order valence-corrected chi connectivity index (χ2v) is 7.91. The van der Waals surface area contributed by atoms with Crippen LogP contribution in [0.3, 0.4) is 0 Å². The zero-order valence-electron chi connectivity index (χ0n) is 17.7. The maximum Gasteiger partial charge on any atom is 0.344 e. The van der Waals surface area contributed by atoms with Gasteiger partial charge in [0, 0.05) is 26.2 Å². The van der Waals surface area contributed by atoms with E-state index in [4.69, 9.17) is 8.83 Å². The molecule has 1 saturated heterocycles. The van der Waals surface area contributed by atoms with Crippen molar-refractivity contribution < 1.29 is 18.4 Å². The summed E-state index contributed by atoms with van der Waals surface area (Å²) in [7, 11) is 0. The van der Waals surface area contributed by atoms with E-state index in [1.807, 2.05) is 0 Å². The number of carbonyl (C=O) groups excluding carboxylic acids is 2. The summed E-state index contributed by atoms with van der Waals surface area (Å²) < 4.78 is 10.5. The van der Waals surface area contributed by atoms with E-state index in [-0.39, 0.29) is 24.6 Å². The van der Waals surface area contributed by atoms with Crippen LogP contribution in [0, 0.1) is 0 Å². The predicted molar refractivity (Wildman–Crippen MR) is 121 cm³/mol. The van der Waals surface area contributed by atoms with Crippen molar-refractivity contribution in [2.75, 3.05) is 26.2 Å². The molecule has 0 atom stereocenters. The van der Waals surface area contributed by atoms with Crippen molar-refractivity contribution in [1.82, 2.24) is 9.80 Å². The molecule has 166 valence electrons. The minimum Gasteiger partial charge on any atom is -0.417 e. The lowest BCUT2D eigenvalue weighted by Crippen LogP contribution is -2.37. The van der Waals surface area contributed by atoms with Crippen molar-refractivity contribution in [2.45, 2.75) is 6.42 Å². The second-order valence-electron chi connectivity index (χ2n) is 7.91. The van der Waals surface area contributed by atoms with Crippen molar-refractivity contribution >= 4 is 33.4 Å². The summed E-state index contributed by atoms with van der Waals surface area (Å²) >= 11 is 0. The van der Waals surface area contributed by atoms with Gasteiger partial charge in [-0.3, -0.25) is 9.59 Å². The van der Waals surface area contributed by atoms with Crippen LogP contribution < -0.4 is 11.3 Å². The molecule has 0 radical (unpaired) electrons. The summed E-state index contributed by atoms with van der Waals surface area (Å²) in [6.45, 7) is 1.33. The first-order valence-electron chi connectivity index (χ1n) is 10.7. The highest BCUT2D eigenvalue weighted by atomic mass is 16.4. The molecule has 0 aliphatic carbocycles. The first-order chi connectivity index (χ1) is 16.0. The summed E-state index contributed by atoms with van der Waals surface area (Å²) in [4.78, 5) is 53.7. The third kappa shape index (κ3) is 3.91. The third-order valence-corrected chi connectivity index (χ3v) is 5.83. The molecule has 2 aromatic heterocycles. The van der Waals surface area contributed by atoms with Gasteiger partial charge in [0.15, 0.2) is 11.5 Å². The number of amides is 2. The van der Waals surface area contributed by atoms with Crippen LogP contribution in [0.1, 0.15) is 27.5 Å². The Hall–Kier alpha value is -4.20. The molecule has 0 saturated carbocycles. The number of nitrogens with zero attached hydrogens (tertiary/aromatic N) is 2. The van der Waals surface area contributed by atoms with Gasteiger partial charge in [0.25, 0.3) is 11.8 Å². The average molecular weight is 444 g/mol. The molecule has 1 aliphatic rings. The lowest BCUT2D eigenvalue weighted by molar-refractivity contribution is 0.0682. The molecule has 5 rings (SSSR count). The summed E-state index contributed by atoms with van der Waals surface area (Å²) in [6, 6.07) is 17.0. The van der Waals surface area contributed by atoms with Crippen LogP contribution in [0.25, 0.3) is 21.5 Å². The summed E-state index contributed by atoms with van der Waals surface area (Å²) in [5.74, 6) is -0.855. The Labute approximate surface area is 187 Å². The van der Waals surface area contributed by atoms with E-state index in [0.29, 0.717) is 41.1 Å². The highest BCUT2D eigenvalue weighted by molar-refractivity contribution is 5.96. The Kier molecular flexibility index (Phi) is 5.26. The molecule has 3 heterocycles. The molecule has 4 aromatic rings. The SMILES string of the molecule is O=C(c1cc2ccccc2c(=O)o1)N1CCCN(C(=O)c2cc3ccccc3c(=O)o2)CC1. The Morgan fingerprint density at radius 1 is 0.636 bits per heavy atom. The molecule has 0 spiro atoms. The fourth-order valence-corrected chi connectivity index (χ4v) is 4.11. The number of hydrogen-bond acceptors (Lipinski definition) is 6. The Bertz CT molecular complexity index is 1390. The van der Waals surface area contributed by atoms with E-state index in [9.17, 15) is 19.2 Å². The molecule has 1 fully saturated rings. The van der Waals surface area contributed by atoms with Crippen LogP contribution in [0.2, 0.25) is 0 Å². The van der Waals surface area contributed by atoms with Crippen molar-refractivity contribution in [3.63, 3.8) is 0 Å². The van der Waals surface area contributed by atoms with E-state index in [0.717, 1.165) is 0 Å². The van der Waals surface area contributed by atoms with Crippen molar-refractivity contribution in [3.05, 3.63) is 93.0 Å². The lowest BCUT2D eigenvalue weighted by atomic mass is 10.1. The van der Waals surface area contributed by atoms with Gasteiger partial charge in [-0.15, -0.1) is 0 Å². The Morgan fingerprint density at radius 2 is 1.06 bits per heavy atom. The van der Waals surface area contributed by atoms with Gasteiger partial charge in [0.1, 0.15) is 0 Å². The minimum absolute atomic E-state index is 0.0287. The van der Waals surface area contributed by atoms with E-state index in [1.165, 1.54) is 0 Å². The molecule has 0 N–H and O–H groups in total. The predicted octanol–water partition coefficient (Wildman–Crippen LogP) is 2.89. The minimum atomic E-state index is -0.561. The smallest absolute Gasteiger partial charge is 0.344 e. The van der Waals surface area contributed by atoms with Gasteiger partial charge in [0.2, 0.25) is 0 Å². The van der Waals surface area contributed by atoms with Gasteiger partial charge in [0.05, 0.1) is 10.8 Å². The van der Waals surface area contributed by atoms with Gasteiger partial charge in [-0.05, 0) is 41.5 Å². The van der Waals surface area contributed by atoms with Gasteiger partial charge < -0.3 is 18.6 Å². The molecule has 0 unspecified atom stereocenters. The maximum atomic E-state index is 13.0. The molecule has 2 amide bonds. The number of carbonyl (C=O) groups is 2. The number of fused-ring (bicyclic) bond motifs is 2. The topological polar surface area (TPSA) is 101 Å². The normalized spacial score (nSPS) is 14.4. The fourth-order valence-electron chi connectivity index (χ4n) is 4.11. The molecular formula is C25H20N2O6. The summed E-state index contributed by atoms with van der Waals surface area (Å²) in [5.41, 5.74) is -1.12. The van der Waals surface area contributed by atoms with Gasteiger partial charge in [-0.25, -0.2) is 9.59 Å². The number of hydrogen-bond donors (Lipinski definition) is 0. The summed E-state index contributed by atoms with van der Waals surface area (Å²) in [6.07, 6.45) is 0.535. The quantitative estimate of drug-likeness (QED) is 0.471. The van der Waals surface area contributed by atoms with Crippen LogP contribution in [0.15, 0.2) is 79.1 Å². The van der Waals surface area contributed by atoms with Crippen molar-refractivity contribution in [3.8, 4) is 0 Å².